The number of carbonyl (C=O) groups excluding carboxylic acids is 2. The van der Waals surface area contributed by atoms with E-state index in [9.17, 15) is 9.59 Å². The molecule has 0 radical (unpaired) electrons. The lowest BCUT2D eigenvalue weighted by Gasteiger charge is -2.32. The monoisotopic (exact) mass is 464 g/mol. The first-order valence-electron chi connectivity index (χ1n) is 9.27. The summed E-state index contributed by atoms with van der Waals surface area (Å²) in [6.07, 6.45) is 2.59. The largest absolute Gasteiger partial charge is 0.464 e. The zero-order chi connectivity index (χ0) is 21.1. The summed E-state index contributed by atoms with van der Waals surface area (Å²) >= 11 is 3.14. The molecule has 0 atom stereocenters. The molecule has 0 amide bonds. The van der Waals surface area contributed by atoms with Gasteiger partial charge in [0.25, 0.3) is 0 Å². The van der Waals surface area contributed by atoms with Crippen molar-refractivity contribution >= 4 is 33.7 Å². The van der Waals surface area contributed by atoms with Crippen molar-refractivity contribution in [3.05, 3.63) is 52.4 Å². The summed E-state index contributed by atoms with van der Waals surface area (Å²) in [5.74, 6) is 0.0535. The Bertz CT molecular complexity index is 807. The SMILES string of the molecule is C1CNC1.COC(=O)c1cccc(Br)n1.COC(=O)c1cccc(N2CCC2)n1. The summed E-state index contributed by atoms with van der Waals surface area (Å²) in [5, 5.41) is 3.11. The highest BCUT2D eigenvalue weighted by Crippen LogP contribution is 2.18. The van der Waals surface area contributed by atoms with Crippen molar-refractivity contribution in [3.63, 3.8) is 0 Å². The summed E-state index contributed by atoms with van der Waals surface area (Å²) in [5.41, 5.74) is 0.679. The Morgan fingerprint density at radius 1 is 0.931 bits per heavy atom. The Kier molecular flexibility index (Phi) is 9.52. The number of nitrogens with zero attached hydrogens (tertiary/aromatic N) is 3. The van der Waals surface area contributed by atoms with E-state index in [0.29, 0.717) is 16.0 Å². The van der Waals surface area contributed by atoms with Gasteiger partial charge < -0.3 is 19.7 Å². The van der Waals surface area contributed by atoms with Crippen molar-refractivity contribution < 1.29 is 19.1 Å². The number of aromatic nitrogens is 2. The molecule has 4 rings (SSSR count). The Morgan fingerprint density at radius 3 is 1.86 bits per heavy atom. The Hall–Kier alpha value is -2.52. The third-order valence-electron chi connectivity index (χ3n) is 4.13. The van der Waals surface area contributed by atoms with Crippen molar-refractivity contribution in [2.24, 2.45) is 0 Å². The van der Waals surface area contributed by atoms with E-state index in [-0.39, 0.29) is 5.97 Å². The molecule has 2 aromatic rings. The minimum absolute atomic E-state index is 0.307. The maximum Gasteiger partial charge on any atom is 0.356 e. The number of esters is 2. The van der Waals surface area contributed by atoms with Crippen LogP contribution in [-0.4, -0.2) is 62.3 Å². The quantitative estimate of drug-likeness (QED) is 0.547. The molecule has 0 unspecified atom stereocenters. The van der Waals surface area contributed by atoms with Gasteiger partial charge in [0.05, 0.1) is 14.2 Å². The summed E-state index contributed by atoms with van der Waals surface area (Å²) < 4.78 is 9.70. The third kappa shape index (κ3) is 7.43. The number of hydrogen-bond donors (Lipinski definition) is 1. The molecular formula is C20H25BrN4O4. The van der Waals surface area contributed by atoms with Crippen LogP contribution in [0.15, 0.2) is 41.0 Å². The van der Waals surface area contributed by atoms with E-state index in [2.05, 4.69) is 45.6 Å². The third-order valence-corrected chi connectivity index (χ3v) is 4.57. The lowest BCUT2D eigenvalue weighted by Crippen LogP contribution is -2.37. The molecule has 2 aromatic heterocycles. The van der Waals surface area contributed by atoms with Crippen molar-refractivity contribution in [2.75, 3.05) is 45.3 Å². The molecule has 0 aliphatic carbocycles. The Labute approximate surface area is 178 Å². The molecule has 8 nitrogen and oxygen atoms in total. The molecule has 0 saturated carbocycles. The maximum atomic E-state index is 11.2. The van der Waals surface area contributed by atoms with Crippen LogP contribution in [0.25, 0.3) is 0 Å². The van der Waals surface area contributed by atoms with Gasteiger partial charge in [-0.25, -0.2) is 19.6 Å². The van der Waals surface area contributed by atoms with Crippen LogP contribution in [0.4, 0.5) is 5.82 Å². The van der Waals surface area contributed by atoms with Crippen LogP contribution >= 0.6 is 15.9 Å². The standard InChI is InChI=1S/C10H12N2O2.C7H6BrNO2.C3H7N/c1-14-10(13)8-4-2-5-9(11-8)12-6-3-7-12;1-11-7(10)5-3-2-4-6(8)9-5;1-2-4-3-1/h2,4-5H,3,6-7H2,1H3;2-4H,1H3;4H,1-3H2. The van der Waals surface area contributed by atoms with Crippen molar-refractivity contribution in [1.29, 1.82) is 0 Å². The number of hydrogen-bond acceptors (Lipinski definition) is 8. The average molecular weight is 465 g/mol. The van der Waals surface area contributed by atoms with E-state index in [0.717, 1.165) is 18.9 Å². The van der Waals surface area contributed by atoms with Crippen LogP contribution in [0.1, 0.15) is 33.8 Å². The smallest absolute Gasteiger partial charge is 0.356 e. The first-order valence-corrected chi connectivity index (χ1v) is 10.1. The normalized spacial score (nSPS) is 14.0. The number of carbonyl (C=O) groups is 2. The molecule has 29 heavy (non-hydrogen) atoms. The second kappa shape index (κ2) is 12.1. The maximum absolute atomic E-state index is 11.2. The Morgan fingerprint density at radius 2 is 1.45 bits per heavy atom. The molecule has 9 heteroatoms. The molecule has 1 N–H and O–H groups in total. The molecule has 2 saturated heterocycles. The highest BCUT2D eigenvalue weighted by Gasteiger charge is 2.17. The number of halogens is 1. The Balaban J connectivity index is 0.000000177. The molecule has 0 aromatic carbocycles. The van der Waals surface area contributed by atoms with E-state index in [1.54, 1.807) is 24.3 Å². The molecule has 156 valence electrons. The van der Waals surface area contributed by atoms with Gasteiger partial charge >= 0.3 is 11.9 Å². The minimum atomic E-state index is -0.425. The van der Waals surface area contributed by atoms with Gasteiger partial charge in [0.2, 0.25) is 0 Å². The summed E-state index contributed by atoms with van der Waals surface area (Å²) in [6.45, 7) is 4.55. The van der Waals surface area contributed by atoms with Crippen LogP contribution in [0.5, 0.6) is 0 Å². The average Bonchev–Trinajstić information content (AvgIpc) is 2.65. The van der Waals surface area contributed by atoms with Crippen LogP contribution in [0.3, 0.4) is 0 Å². The van der Waals surface area contributed by atoms with E-state index in [1.807, 2.05) is 12.1 Å². The number of methoxy groups -OCH3 is 2. The van der Waals surface area contributed by atoms with Crippen molar-refractivity contribution in [1.82, 2.24) is 15.3 Å². The molecular weight excluding hydrogens is 440 g/mol. The number of pyridine rings is 2. The van der Waals surface area contributed by atoms with E-state index in [4.69, 9.17) is 0 Å². The number of nitrogens with one attached hydrogen (secondary N) is 1. The van der Waals surface area contributed by atoms with Crippen LogP contribution in [0, 0.1) is 0 Å². The number of anilines is 1. The van der Waals surface area contributed by atoms with E-state index in [1.165, 1.54) is 40.2 Å². The van der Waals surface area contributed by atoms with Crippen molar-refractivity contribution in [2.45, 2.75) is 12.8 Å². The molecule has 2 aliphatic heterocycles. The molecule has 2 fully saturated rings. The topological polar surface area (TPSA) is 93.7 Å². The first-order chi connectivity index (χ1) is 14.0. The molecule has 4 heterocycles. The van der Waals surface area contributed by atoms with Crippen molar-refractivity contribution in [3.8, 4) is 0 Å². The highest BCUT2D eigenvalue weighted by molar-refractivity contribution is 9.10. The predicted octanol–water partition coefficient (Wildman–Crippen LogP) is 2.69. The number of rotatable bonds is 3. The van der Waals surface area contributed by atoms with Gasteiger partial charge in [0.1, 0.15) is 16.1 Å². The fourth-order valence-electron chi connectivity index (χ4n) is 2.17. The summed E-state index contributed by atoms with van der Waals surface area (Å²) in [7, 11) is 2.69. The zero-order valence-electron chi connectivity index (χ0n) is 16.6. The lowest BCUT2D eigenvalue weighted by molar-refractivity contribution is 0.0585. The summed E-state index contributed by atoms with van der Waals surface area (Å²) in [6, 6.07) is 10.5. The predicted molar refractivity (Wildman–Crippen MR) is 113 cm³/mol. The van der Waals surface area contributed by atoms with Gasteiger partial charge in [-0.1, -0.05) is 12.1 Å². The molecule has 0 bridgehead atoms. The fourth-order valence-corrected chi connectivity index (χ4v) is 2.51. The van der Waals surface area contributed by atoms with Crippen LogP contribution < -0.4 is 10.2 Å². The van der Waals surface area contributed by atoms with E-state index >= 15 is 0 Å². The summed E-state index contributed by atoms with van der Waals surface area (Å²) in [4.78, 5) is 32.3. The lowest BCUT2D eigenvalue weighted by atomic mass is 10.2. The molecule has 2 aliphatic rings. The van der Waals surface area contributed by atoms with Crippen LogP contribution in [0.2, 0.25) is 0 Å². The van der Waals surface area contributed by atoms with Gasteiger partial charge in [0.15, 0.2) is 5.69 Å². The minimum Gasteiger partial charge on any atom is -0.464 e. The van der Waals surface area contributed by atoms with Gasteiger partial charge in [-0.05, 0) is 66.1 Å². The van der Waals surface area contributed by atoms with Gasteiger partial charge in [-0.2, -0.15) is 0 Å². The van der Waals surface area contributed by atoms with Gasteiger partial charge in [-0.15, -0.1) is 0 Å². The van der Waals surface area contributed by atoms with E-state index < -0.39 is 5.97 Å². The highest BCUT2D eigenvalue weighted by atomic mass is 79.9. The first kappa shape index (κ1) is 22.8. The second-order valence-corrected chi connectivity index (χ2v) is 6.97. The fraction of sp³-hybridized carbons (Fsp3) is 0.400. The van der Waals surface area contributed by atoms with Gasteiger partial charge in [0, 0.05) is 13.1 Å². The number of ether oxygens (including phenoxy) is 2. The zero-order valence-corrected chi connectivity index (χ0v) is 18.1. The molecule has 0 spiro atoms. The van der Waals surface area contributed by atoms with Crippen LogP contribution in [-0.2, 0) is 9.47 Å². The van der Waals surface area contributed by atoms with Gasteiger partial charge in [-0.3, -0.25) is 0 Å². The second-order valence-electron chi connectivity index (χ2n) is 6.15.